The minimum absolute atomic E-state index is 0. The second-order valence-corrected chi connectivity index (χ2v) is 5.19. The van der Waals surface area contributed by atoms with E-state index in [9.17, 15) is 14.9 Å². The summed E-state index contributed by atoms with van der Waals surface area (Å²) in [5, 5.41) is 17.2. The molecule has 1 aromatic rings. The Labute approximate surface area is 135 Å². The maximum atomic E-state index is 12.3. The SMILES string of the molecule is COc1ccc([N+](=O)[O-])c(C(=O)NC2CCNC(C)C2)c1.Cl. The number of nitrogens with one attached hydrogen (secondary N) is 2. The summed E-state index contributed by atoms with van der Waals surface area (Å²) in [6.07, 6.45) is 1.62. The lowest BCUT2D eigenvalue weighted by atomic mass is 10.00. The first-order valence-electron chi connectivity index (χ1n) is 6.88. The summed E-state index contributed by atoms with van der Waals surface area (Å²) in [5.74, 6) is -0.0101. The maximum Gasteiger partial charge on any atom is 0.282 e. The molecule has 1 heterocycles. The van der Waals surface area contributed by atoms with Crippen LogP contribution in [0.4, 0.5) is 5.69 Å². The summed E-state index contributed by atoms with van der Waals surface area (Å²) in [4.78, 5) is 22.8. The lowest BCUT2D eigenvalue weighted by Gasteiger charge is -2.28. The van der Waals surface area contributed by atoms with Crippen LogP contribution in [0.25, 0.3) is 0 Å². The molecule has 0 aromatic heterocycles. The van der Waals surface area contributed by atoms with Gasteiger partial charge in [0.05, 0.1) is 12.0 Å². The molecule has 0 saturated carbocycles. The predicted molar refractivity (Wildman–Crippen MR) is 84.8 cm³/mol. The number of benzene rings is 1. The number of halogens is 1. The number of piperidine rings is 1. The molecule has 8 heteroatoms. The van der Waals surface area contributed by atoms with Gasteiger partial charge in [-0.3, -0.25) is 14.9 Å². The normalized spacial score (nSPS) is 20.6. The Morgan fingerprint density at radius 3 is 2.82 bits per heavy atom. The van der Waals surface area contributed by atoms with E-state index in [1.54, 1.807) is 0 Å². The van der Waals surface area contributed by atoms with Crippen LogP contribution >= 0.6 is 12.4 Å². The van der Waals surface area contributed by atoms with Crippen LogP contribution in [-0.4, -0.2) is 36.6 Å². The highest BCUT2D eigenvalue weighted by molar-refractivity contribution is 5.98. The number of amides is 1. The molecule has 0 aliphatic carbocycles. The Balaban J connectivity index is 0.00000242. The summed E-state index contributed by atoms with van der Waals surface area (Å²) in [7, 11) is 1.46. The fourth-order valence-corrected chi connectivity index (χ4v) is 2.51. The molecule has 0 spiro atoms. The first-order chi connectivity index (χ1) is 10.0. The van der Waals surface area contributed by atoms with Crippen molar-refractivity contribution in [3.05, 3.63) is 33.9 Å². The van der Waals surface area contributed by atoms with Gasteiger partial charge in [0, 0.05) is 18.2 Å². The molecule has 1 aliphatic heterocycles. The minimum atomic E-state index is -0.556. The third-order valence-electron chi connectivity index (χ3n) is 3.60. The highest BCUT2D eigenvalue weighted by atomic mass is 35.5. The van der Waals surface area contributed by atoms with Crippen LogP contribution in [0.5, 0.6) is 5.75 Å². The van der Waals surface area contributed by atoms with Gasteiger partial charge in [0.25, 0.3) is 11.6 Å². The summed E-state index contributed by atoms with van der Waals surface area (Å²) >= 11 is 0. The smallest absolute Gasteiger partial charge is 0.282 e. The van der Waals surface area contributed by atoms with Crippen molar-refractivity contribution in [1.82, 2.24) is 10.6 Å². The molecule has 22 heavy (non-hydrogen) atoms. The van der Waals surface area contributed by atoms with Crippen LogP contribution in [0.3, 0.4) is 0 Å². The molecular formula is C14H20ClN3O4. The third-order valence-corrected chi connectivity index (χ3v) is 3.60. The van der Waals surface area contributed by atoms with Crippen molar-refractivity contribution in [2.24, 2.45) is 0 Å². The number of hydrogen-bond donors (Lipinski definition) is 2. The van der Waals surface area contributed by atoms with E-state index in [1.807, 2.05) is 6.92 Å². The Hall–Kier alpha value is -1.86. The molecule has 122 valence electrons. The third kappa shape index (κ3) is 4.32. The molecule has 0 radical (unpaired) electrons. The quantitative estimate of drug-likeness (QED) is 0.650. The van der Waals surface area contributed by atoms with Crippen molar-refractivity contribution in [2.75, 3.05) is 13.7 Å². The van der Waals surface area contributed by atoms with Gasteiger partial charge in [-0.1, -0.05) is 0 Å². The number of rotatable bonds is 4. The molecular weight excluding hydrogens is 310 g/mol. The second-order valence-electron chi connectivity index (χ2n) is 5.19. The van der Waals surface area contributed by atoms with E-state index in [0.717, 1.165) is 19.4 Å². The van der Waals surface area contributed by atoms with Crippen molar-refractivity contribution >= 4 is 24.0 Å². The Bertz CT molecular complexity index is 553. The van der Waals surface area contributed by atoms with Gasteiger partial charge in [0.2, 0.25) is 0 Å². The van der Waals surface area contributed by atoms with Crippen LogP contribution in [-0.2, 0) is 0 Å². The van der Waals surface area contributed by atoms with Gasteiger partial charge in [-0.2, -0.15) is 0 Å². The van der Waals surface area contributed by atoms with Crippen molar-refractivity contribution in [3.63, 3.8) is 0 Å². The number of carbonyl (C=O) groups excluding carboxylic acids is 1. The van der Waals surface area contributed by atoms with Crippen LogP contribution in [0.15, 0.2) is 18.2 Å². The number of ether oxygens (including phenoxy) is 1. The number of nitrogens with zero attached hydrogens (tertiary/aromatic N) is 1. The van der Waals surface area contributed by atoms with Gasteiger partial charge in [0.15, 0.2) is 0 Å². The van der Waals surface area contributed by atoms with Gasteiger partial charge in [-0.05, 0) is 38.4 Å². The Morgan fingerprint density at radius 1 is 1.50 bits per heavy atom. The van der Waals surface area contributed by atoms with Crippen molar-refractivity contribution in [3.8, 4) is 5.75 Å². The number of nitro benzene ring substituents is 1. The van der Waals surface area contributed by atoms with Crippen molar-refractivity contribution < 1.29 is 14.5 Å². The molecule has 0 bridgehead atoms. The zero-order valence-corrected chi connectivity index (χ0v) is 13.3. The van der Waals surface area contributed by atoms with Crippen LogP contribution in [0.1, 0.15) is 30.1 Å². The highest BCUT2D eigenvalue weighted by Crippen LogP contribution is 2.24. The van der Waals surface area contributed by atoms with E-state index in [-0.39, 0.29) is 29.7 Å². The molecule has 7 nitrogen and oxygen atoms in total. The monoisotopic (exact) mass is 329 g/mol. The fourth-order valence-electron chi connectivity index (χ4n) is 2.51. The maximum absolute atomic E-state index is 12.3. The summed E-state index contributed by atoms with van der Waals surface area (Å²) in [5.41, 5.74) is -0.180. The number of methoxy groups -OCH3 is 1. The van der Waals surface area contributed by atoms with E-state index in [1.165, 1.54) is 25.3 Å². The predicted octanol–water partition coefficient (Wildman–Crippen LogP) is 1.90. The van der Waals surface area contributed by atoms with E-state index in [0.29, 0.717) is 11.8 Å². The van der Waals surface area contributed by atoms with Crippen molar-refractivity contribution in [2.45, 2.75) is 31.8 Å². The van der Waals surface area contributed by atoms with Gasteiger partial charge in [0.1, 0.15) is 11.3 Å². The molecule has 1 aromatic carbocycles. The summed E-state index contributed by atoms with van der Waals surface area (Å²) in [6, 6.07) is 4.52. The average Bonchev–Trinajstić information content (AvgIpc) is 2.46. The van der Waals surface area contributed by atoms with Crippen LogP contribution in [0.2, 0.25) is 0 Å². The lowest BCUT2D eigenvalue weighted by Crippen LogP contribution is -2.46. The molecule has 1 aliphatic rings. The molecule has 1 amide bonds. The summed E-state index contributed by atoms with van der Waals surface area (Å²) < 4.78 is 5.03. The fraction of sp³-hybridized carbons (Fsp3) is 0.500. The number of carbonyl (C=O) groups is 1. The molecule has 2 rings (SSSR count). The standard InChI is InChI=1S/C14H19N3O4.ClH/c1-9-7-10(5-6-15-9)16-14(18)12-8-11(21-2)3-4-13(12)17(19)20;/h3-4,8-10,15H,5-7H2,1-2H3,(H,16,18);1H. The van der Waals surface area contributed by atoms with Crippen LogP contribution < -0.4 is 15.4 Å². The molecule has 1 fully saturated rings. The average molecular weight is 330 g/mol. The summed E-state index contributed by atoms with van der Waals surface area (Å²) in [6.45, 7) is 2.87. The Morgan fingerprint density at radius 2 is 2.23 bits per heavy atom. The van der Waals surface area contributed by atoms with E-state index in [4.69, 9.17) is 4.74 Å². The van der Waals surface area contributed by atoms with E-state index >= 15 is 0 Å². The molecule has 2 N–H and O–H groups in total. The minimum Gasteiger partial charge on any atom is -0.497 e. The number of hydrogen-bond acceptors (Lipinski definition) is 5. The van der Waals surface area contributed by atoms with Gasteiger partial charge >= 0.3 is 0 Å². The lowest BCUT2D eigenvalue weighted by molar-refractivity contribution is -0.385. The highest BCUT2D eigenvalue weighted by Gasteiger charge is 2.25. The first-order valence-corrected chi connectivity index (χ1v) is 6.88. The molecule has 1 saturated heterocycles. The zero-order chi connectivity index (χ0) is 15.4. The first kappa shape index (κ1) is 18.2. The zero-order valence-electron chi connectivity index (χ0n) is 12.5. The topological polar surface area (TPSA) is 93.5 Å². The van der Waals surface area contributed by atoms with Gasteiger partial charge in [-0.25, -0.2) is 0 Å². The molecule has 2 atom stereocenters. The molecule has 2 unspecified atom stereocenters. The number of nitro groups is 1. The van der Waals surface area contributed by atoms with Crippen LogP contribution in [0, 0.1) is 10.1 Å². The van der Waals surface area contributed by atoms with E-state index < -0.39 is 10.8 Å². The van der Waals surface area contributed by atoms with Gasteiger partial charge < -0.3 is 15.4 Å². The second kappa shape index (κ2) is 7.95. The van der Waals surface area contributed by atoms with Gasteiger partial charge in [-0.15, -0.1) is 12.4 Å². The van der Waals surface area contributed by atoms with E-state index in [2.05, 4.69) is 10.6 Å². The Kier molecular flexibility index (Phi) is 6.58. The largest absolute Gasteiger partial charge is 0.497 e. The van der Waals surface area contributed by atoms with Crippen molar-refractivity contribution in [1.29, 1.82) is 0 Å².